The number of hydrogen-bond donors (Lipinski definition) is 0. The molecule has 1 aliphatic carbocycles. The van der Waals surface area contributed by atoms with E-state index in [4.69, 9.17) is 9.47 Å². The highest BCUT2D eigenvalue weighted by atomic mass is 16.7. The van der Waals surface area contributed by atoms with Crippen molar-refractivity contribution in [3.05, 3.63) is 29.8 Å². The summed E-state index contributed by atoms with van der Waals surface area (Å²) in [5.41, 5.74) is 1.42. The standard InChI is InChI=1S/C22H36O2/c1-16(2)15-22(17(3)4)19-11-13-21(14-12-19)24-18(5)23-20-9-7-6-8-10-20/h11-14,16-18,20,22H,6-10,15H2,1-5H3. The quantitative estimate of drug-likeness (QED) is 0.503. The van der Waals surface area contributed by atoms with Gasteiger partial charge in [-0.15, -0.1) is 0 Å². The van der Waals surface area contributed by atoms with E-state index < -0.39 is 0 Å². The van der Waals surface area contributed by atoms with Crippen molar-refractivity contribution in [2.45, 2.75) is 91.5 Å². The van der Waals surface area contributed by atoms with E-state index in [9.17, 15) is 0 Å². The van der Waals surface area contributed by atoms with Gasteiger partial charge in [0, 0.05) is 0 Å². The molecule has 0 N–H and O–H groups in total. The molecule has 2 atom stereocenters. The number of rotatable bonds is 8. The van der Waals surface area contributed by atoms with Gasteiger partial charge in [-0.25, -0.2) is 0 Å². The lowest BCUT2D eigenvalue weighted by Crippen LogP contribution is -2.26. The van der Waals surface area contributed by atoms with Crippen molar-refractivity contribution >= 4 is 0 Å². The van der Waals surface area contributed by atoms with Gasteiger partial charge in [-0.1, -0.05) is 59.1 Å². The Morgan fingerprint density at radius 2 is 1.54 bits per heavy atom. The molecule has 0 spiro atoms. The van der Waals surface area contributed by atoms with Crippen LogP contribution >= 0.6 is 0 Å². The van der Waals surface area contributed by atoms with Gasteiger partial charge in [-0.2, -0.15) is 0 Å². The Kier molecular flexibility index (Phi) is 7.61. The van der Waals surface area contributed by atoms with Crippen LogP contribution in [0.25, 0.3) is 0 Å². The van der Waals surface area contributed by atoms with E-state index in [1.807, 2.05) is 6.92 Å². The predicted octanol–water partition coefficient (Wildman–Crippen LogP) is 6.55. The topological polar surface area (TPSA) is 18.5 Å². The highest BCUT2D eigenvalue weighted by molar-refractivity contribution is 5.30. The van der Waals surface area contributed by atoms with Crippen LogP contribution in [0.1, 0.15) is 84.6 Å². The number of hydrogen-bond acceptors (Lipinski definition) is 2. The fourth-order valence-electron chi connectivity index (χ4n) is 3.79. The maximum absolute atomic E-state index is 6.04. The second-order valence-corrected chi connectivity index (χ2v) is 8.13. The molecule has 1 aliphatic rings. The van der Waals surface area contributed by atoms with Crippen molar-refractivity contribution in [2.24, 2.45) is 11.8 Å². The second-order valence-electron chi connectivity index (χ2n) is 8.13. The molecule has 2 heteroatoms. The highest BCUT2D eigenvalue weighted by Gasteiger charge is 2.19. The van der Waals surface area contributed by atoms with Crippen LogP contribution in [0.5, 0.6) is 5.75 Å². The first-order valence-electron chi connectivity index (χ1n) is 9.87. The molecular formula is C22H36O2. The first kappa shape index (κ1) is 19.3. The van der Waals surface area contributed by atoms with E-state index in [1.54, 1.807) is 0 Å². The van der Waals surface area contributed by atoms with E-state index >= 15 is 0 Å². The van der Waals surface area contributed by atoms with Crippen LogP contribution in [0.4, 0.5) is 0 Å². The van der Waals surface area contributed by atoms with Gasteiger partial charge in [-0.3, -0.25) is 0 Å². The van der Waals surface area contributed by atoms with Gasteiger partial charge in [0.05, 0.1) is 6.10 Å². The minimum atomic E-state index is -0.171. The summed E-state index contributed by atoms with van der Waals surface area (Å²) in [6, 6.07) is 8.67. The summed E-state index contributed by atoms with van der Waals surface area (Å²) < 4.78 is 12.0. The molecular weight excluding hydrogens is 296 g/mol. The van der Waals surface area contributed by atoms with Crippen molar-refractivity contribution in [3.8, 4) is 5.75 Å². The van der Waals surface area contributed by atoms with Gasteiger partial charge < -0.3 is 9.47 Å². The molecule has 0 aromatic heterocycles. The summed E-state index contributed by atoms with van der Waals surface area (Å²) in [7, 11) is 0. The second kappa shape index (κ2) is 9.46. The van der Waals surface area contributed by atoms with Gasteiger partial charge in [-0.05, 0) is 61.6 Å². The molecule has 0 heterocycles. The van der Waals surface area contributed by atoms with Gasteiger partial charge >= 0.3 is 0 Å². The van der Waals surface area contributed by atoms with Crippen LogP contribution < -0.4 is 4.74 Å². The fraction of sp³-hybridized carbons (Fsp3) is 0.727. The lowest BCUT2D eigenvalue weighted by Gasteiger charge is -2.26. The zero-order valence-corrected chi connectivity index (χ0v) is 16.3. The molecule has 0 aliphatic heterocycles. The summed E-state index contributed by atoms with van der Waals surface area (Å²) >= 11 is 0. The summed E-state index contributed by atoms with van der Waals surface area (Å²) in [4.78, 5) is 0. The fourth-order valence-corrected chi connectivity index (χ4v) is 3.79. The van der Waals surface area contributed by atoms with Crippen LogP contribution in [-0.4, -0.2) is 12.4 Å². The summed E-state index contributed by atoms with van der Waals surface area (Å²) in [5, 5.41) is 0. The maximum Gasteiger partial charge on any atom is 0.197 e. The van der Waals surface area contributed by atoms with E-state index in [0.717, 1.165) is 11.7 Å². The molecule has 136 valence electrons. The highest BCUT2D eigenvalue weighted by Crippen LogP contribution is 2.32. The molecule has 1 aromatic carbocycles. The van der Waals surface area contributed by atoms with E-state index in [1.165, 1.54) is 44.1 Å². The molecule has 2 unspecified atom stereocenters. The summed E-state index contributed by atoms with van der Waals surface area (Å²) in [5.74, 6) is 2.91. The van der Waals surface area contributed by atoms with Crippen molar-refractivity contribution < 1.29 is 9.47 Å². The minimum Gasteiger partial charge on any atom is -0.465 e. The van der Waals surface area contributed by atoms with Crippen LogP contribution in [0.3, 0.4) is 0 Å². The first-order valence-corrected chi connectivity index (χ1v) is 9.87. The monoisotopic (exact) mass is 332 g/mol. The average molecular weight is 333 g/mol. The van der Waals surface area contributed by atoms with Crippen molar-refractivity contribution in [3.63, 3.8) is 0 Å². The molecule has 0 amide bonds. The van der Waals surface area contributed by atoms with Gasteiger partial charge in [0.2, 0.25) is 0 Å². The Bertz CT molecular complexity index is 457. The molecule has 1 aromatic rings. The molecule has 1 saturated carbocycles. The summed E-state index contributed by atoms with van der Waals surface area (Å²) in [6.07, 6.45) is 7.73. The Balaban J connectivity index is 1.90. The molecule has 24 heavy (non-hydrogen) atoms. The minimum absolute atomic E-state index is 0.171. The third-order valence-electron chi connectivity index (χ3n) is 5.08. The van der Waals surface area contributed by atoms with Crippen LogP contribution in [-0.2, 0) is 4.74 Å². The molecule has 0 bridgehead atoms. The van der Waals surface area contributed by atoms with E-state index in [0.29, 0.717) is 17.9 Å². The Labute approximate surface area is 148 Å². The SMILES string of the molecule is CC(C)CC(c1ccc(OC(C)OC2CCCCC2)cc1)C(C)C. The van der Waals surface area contributed by atoms with Gasteiger partial charge in [0.25, 0.3) is 0 Å². The van der Waals surface area contributed by atoms with Gasteiger partial charge in [0.1, 0.15) is 5.75 Å². The largest absolute Gasteiger partial charge is 0.465 e. The lowest BCUT2D eigenvalue weighted by molar-refractivity contribution is -0.116. The van der Waals surface area contributed by atoms with Crippen molar-refractivity contribution in [2.75, 3.05) is 0 Å². The van der Waals surface area contributed by atoms with E-state index in [2.05, 4.69) is 52.0 Å². The van der Waals surface area contributed by atoms with Crippen LogP contribution in [0, 0.1) is 11.8 Å². The zero-order valence-electron chi connectivity index (χ0n) is 16.3. The third kappa shape index (κ3) is 6.12. The third-order valence-corrected chi connectivity index (χ3v) is 5.08. The van der Waals surface area contributed by atoms with Crippen molar-refractivity contribution in [1.29, 1.82) is 0 Å². The number of benzene rings is 1. The average Bonchev–Trinajstić information content (AvgIpc) is 2.54. The molecule has 0 saturated heterocycles. The van der Waals surface area contributed by atoms with Crippen molar-refractivity contribution in [1.82, 2.24) is 0 Å². The smallest absolute Gasteiger partial charge is 0.197 e. The molecule has 1 fully saturated rings. The normalized spacial score (nSPS) is 18.8. The van der Waals surface area contributed by atoms with Crippen LogP contribution in [0.2, 0.25) is 0 Å². The Morgan fingerprint density at radius 1 is 0.917 bits per heavy atom. The summed E-state index contributed by atoms with van der Waals surface area (Å²) in [6.45, 7) is 11.3. The Hall–Kier alpha value is -1.02. The first-order chi connectivity index (χ1) is 11.5. The predicted molar refractivity (Wildman–Crippen MR) is 102 cm³/mol. The molecule has 2 nitrogen and oxygen atoms in total. The number of ether oxygens (including phenoxy) is 2. The Morgan fingerprint density at radius 3 is 2.08 bits per heavy atom. The molecule has 2 rings (SSSR count). The molecule has 0 radical (unpaired) electrons. The lowest BCUT2D eigenvalue weighted by atomic mass is 9.82. The maximum atomic E-state index is 6.04. The van der Waals surface area contributed by atoms with Crippen LogP contribution in [0.15, 0.2) is 24.3 Å². The van der Waals surface area contributed by atoms with Gasteiger partial charge in [0.15, 0.2) is 6.29 Å². The van der Waals surface area contributed by atoms with E-state index in [-0.39, 0.29) is 6.29 Å². The zero-order chi connectivity index (χ0) is 17.5.